The molecule has 1 saturated heterocycles. The van der Waals surface area contributed by atoms with Crippen LogP contribution in [-0.2, 0) is 19.0 Å². The number of ether oxygens (including phenoxy) is 3. The Bertz CT molecular complexity index is 307. The molecule has 104 valence electrons. The zero-order valence-corrected chi connectivity index (χ0v) is 11.7. The topological polar surface area (TPSA) is 48.1 Å². The van der Waals surface area contributed by atoms with Crippen molar-refractivity contribution >= 4 is 5.97 Å². The summed E-state index contributed by atoms with van der Waals surface area (Å²) in [5, 5.41) is 0. The molecule has 4 heteroatoms. The van der Waals surface area contributed by atoms with Crippen molar-refractivity contribution in [2.75, 3.05) is 13.7 Å². The molecule has 1 spiro atoms. The van der Waals surface area contributed by atoms with Crippen LogP contribution < -0.4 is 0 Å². The summed E-state index contributed by atoms with van der Waals surface area (Å²) in [5.74, 6) is -0.164. The summed E-state index contributed by atoms with van der Waals surface area (Å²) in [5.41, 5.74) is -0.916. The highest BCUT2D eigenvalue weighted by Crippen LogP contribution is 2.59. The Morgan fingerprint density at radius 3 is 2.50 bits per heavy atom. The maximum atomic E-state index is 12.2. The van der Waals surface area contributed by atoms with E-state index < -0.39 is 5.60 Å². The lowest BCUT2D eigenvalue weighted by Gasteiger charge is -2.27. The molecule has 0 aromatic heterocycles. The molecule has 0 bridgehead atoms. The number of esters is 1. The highest BCUT2D eigenvalue weighted by atomic mass is 16.7. The Balaban J connectivity index is 2.05. The molecule has 1 heterocycles. The number of carbonyl (C=O) groups excluding carboxylic acids is 1. The third-order valence-corrected chi connectivity index (χ3v) is 4.34. The van der Waals surface area contributed by atoms with E-state index in [4.69, 9.17) is 14.2 Å². The van der Waals surface area contributed by atoms with Crippen LogP contribution in [-0.4, -0.2) is 37.0 Å². The van der Waals surface area contributed by atoms with Gasteiger partial charge in [0.2, 0.25) is 0 Å². The molecule has 0 N–H and O–H groups in total. The van der Waals surface area contributed by atoms with E-state index in [-0.39, 0.29) is 11.6 Å². The monoisotopic (exact) mass is 256 g/mol. The highest BCUT2D eigenvalue weighted by Gasteiger charge is 2.74. The number of epoxide rings is 1. The molecule has 2 rings (SSSR count). The Kier molecular flexibility index (Phi) is 3.97. The number of methoxy groups -OCH3 is 1. The Morgan fingerprint density at radius 2 is 2.00 bits per heavy atom. The van der Waals surface area contributed by atoms with E-state index in [1.165, 1.54) is 0 Å². The first-order chi connectivity index (χ1) is 8.64. The van der Waals surface area contributed by atoms with Crippen LogP contribution in [0.2, 0.25) is 0 Å². The van der Waals surface area contributed by atoms with Gasteiger partial charge in [-0.3, -0.25) is 0 Å². The fraction of sp³-hybridized carbons (Fsp3) is 0.929. The lowest BCUT2D eigenvalue weighted by Crippen LogP contribution is -2.39. The Hall–Kier alpha value is -0.610. The van der Waals surface area contributed by atoms with E-state index in [9.17, 15) is 4.79 Å². The fourth-order valence-electron chi connectivity index (χ4n) is 3.32. The average Bonchev–Trinajstić information content (AvgIpc) is 2.99. The van der Waals surface area contributed by atoms with Crippen molar-refractivity contribution in [3.8, 4) is 0 Å². The van der Waals surface area contributed by atoms with E-state index >= 15 is 0 Å². The second-order valence-electron chi connectivity index (χ2n) is 5.33. The maximum absolute atomic E-state index is 12.2. The molecule has 18 heavy (non-hydrogen) atoms. The van der Waals surface area contributed by atoms with E-state index in [0.717, 1.165) is 38.5 Å². The maximum Gasteiger partial charge on any atom is 0.341 e. The number of hydrogen-bond acceptors (Lipinski definition) is 4. The minimum absolute atomic E-state index is 0.164. The van der Waals surface area contributed by atoms with Crippen LogP contribution in [0.5, 0.6) is 0 Å². The minimum atomic E-state index is -0.656. The molecular weight excluding hydrogens is 232 g/mol. The van der Waals surface area contributed by atoms with E-state index in [2.05, 4.69) is 6.92 Å². The molecule has 1 aliphatic heterocycles. The van der Waals surface area contributed by atoms with E-state index in [0.29, 0.717) is 12.7 Å². The summed E-state index contributed by atoms with van der Waals surface area (Å²) in [6, 6.07) is 0. The van der Waals surface area contributed by atoms with Crippen molar-refractivity contribution in [1.29, 1.82) is 0 Å². The molecule has 1 atom stereocenters. The molecule has 1 saturated carbocycles. The Morgan fingerprint density at radius 1 is 1.33 bits per heavy atom. The molecule has 0 aromatic carbocycles. The van der Waals surface area contributed by atoms with Crippen LogP contribution in [0.1, 0.15) is 52.4 Å². The summed E-state index contributed by atoms with van der Waals surface area (Å²) in [4.78, 5) is 12.2. The van der Waals surface area contributed by atoms with Crippen LogP contribution in [0.4, 0.5) is 0 Å². The summed E-state index contributed by atoms with van der Waals surface area (Å²) in [6.45, 7) is 4.34. The molecule has 0 amide bonds. The van der Waals surface area contributed by atoms with Crippen LogP contribution in [0, 0.1) is 0 Å². The van der Waals surface area contributed by atoms with Gasteiger partial charge in [0.25, 0.3) is 0 Å². The first-order valence-corrected chi connectivity index (χ1v) is 7.04. The standard InChI is InChI=1S/C14H24O4/c1-4-8-14(12(15)17-5-2)13(18-14)9-6-11(16-3)7-10-13/h11H,4-10H2,1-3H3. The average molecular weight is 256 g/mol. The van der Waals surface area contributed by atoms with Gasteiger partial charge in [0.15, 0.2) is 5.60 Å². The number of rotatable bonds is 5. The van der Waals surface area contributed by atoms with E-state index in [1.807, 2.05) is 6.92 Å². The predicted octanol–water partition coefficient (Wildman–Crippen LogP) is 2.45. The van der Waals surface area contributed by atoms with Gasteiger partial charge in [-0.1, -0.05) is 13.3 Å². The largest absolute Gasteiger partial charge is 0.464 e. The van der Waals surface area contributed by atoms with Crippen molar-refractivity contribution in [3.05, 3.63) is 0 Å². The summed E-state index contributed by atoms with van der Waals surface area (Å²) in [6.07, 6.45) is 5.79. The predicted molar refractivity (Wildman–Crippen MR) is 67.4 cm³/mol. The van der Waals surface area contributed by atoms with Crippen molar-refractivity contribution in [1.82, 2.24) is 0 Å². The number of carbonyl (C=O) groups is 1. The van der Waals surface area contributed by atoms with Crippen molar-refractivity contribution in [2.45, 2.75) is 69.7 Å². The normalized spacial score (nSPS) is 38.7. The molecule has 2 aliphatic rings. The smallest absolute Gasteiger partial charge is 0.341 e. The fourth-order valence-corrected chi connectivity index (χ4v) is 3.32. The molecule has 4 nitrogen and oxygen atoms in total. The zero-order chi connectivity index (χ0) is 13.2. The van der Waals surface area contributed by atoms with Gasteiger partial charge in [0, 0.05) is 7.11 Å². The van der Waals surface area contributed by atoms with Gasteiger partial charge in [0.1, 0.15) is 5.60 Å². The molecule has 0 radical (unpaired) electrons. The van der Waals surface area contributed by atoms with Gasteiger partial charge in [0.05, 0.1) is 12.7 Å². The molecule has 0 aromatic rings. The Labute approximate surface area is 109 Å². The molecule has 1 unspecified atom stereocenters. The van der Waals surface area contributed by atoms with Gasteiger partial charge < -0.3 is 14.2 Å². The van der Waals surface area contributed by atoms with Crippen molar-refractivity contribution in [2.24, 2.45) is 0 Å². The summed E-state index contributed by atoms with van der Waals surface area (Å²) >= 11 is 0. The third-order valence-electron chi connectivity index (χ3n) is 4.34. The van der Waals surface area contributed by atoms with Crippen molar-refractivity contribution < 1.29 is 19.0 Å². The van der Waals surface area contributed by atoms with Gasteiger partial charge in [-0.15, -0.1) is 0 Å². The molecule has 2 fully saturated rings. The minimum Gasteiger partial charge on any atom is -0.464 e. The van der Waals surface area contributed by atoms with Crippen LogP contribution in [0.25, 0.3) is 0 Å². The second kappa shape index (κ2) is 5.17. The van der Waals surface area contributed by atoms with Crippen molar-refractivity contribution in [3.63, 3.8) is 0 Å². The summed E-state index contributed by atoms with van der Waals surface area (Å²) in [7, 11) is 1.75. The van der Waals surface area contributed by atoms with Crippen LogP contribution >= 0.6 is 0 Å². The number of hydrogen-bond donors (Lipinski definition) is 0. The van der Waals surface area contributed by atoms with E-state index in [1.54, 1.807) is 7.11 Å². The van der Waals surface area contributed by atoms with Crippen LogP contribution in [0.15, 0.2) is 0 Å². The first kappa shape index (κ1) is 13.8. The third kappa shape index (κ3) is 2.05. The lowest BCUT2D eigenvalue weighted by molar-refractivity contribution is -0.150. The summed E-state index contributed by atoms with van der Waals surface area (Å²) < 4.78 is 16.5. The second-order valence-corrected chi connectivity index (χ2v) is 5.33. The van der Waals surface area contributed by atoms with Gasteiger partial charge >= 0.3 is 5.97 Å². The van der Waals surface area contributed by atoms with Crippen LogP contribution in [0.3, 0.4) is 0 Å². The van der Waals surface area contributed by atoms with Gasteiger partial charge in [-0.2, -0.15) is 0 Å². The SMILES string of the molecule is CCCC1(C(=O)OCC)OC12CCC(OC)CC2. The molecule has 1 aliphatic carbocycles. The zero-order valence-electron chi connectivity index (χ0n) is 11.7. The highest BCUT2D eigenvalue weighted by molar-refractivity contribution is 5.85. The van der Waals surface area contributed by atoms with Gasteiger partial charge in [-0.05, 0) is 39.0 Å². The lowest BCUT2D eigenvalue weighted by atomic mass is 9.77. The quantitative estimate of drug-likeness (QED) is 0.560. The van der Waals surface area contributed by atoms with Gasteiger partial charge in [-0.25, -0.2) is 4.79 Å². The first-order valence-electron chi connectivity index (χ1n) is 7.04. The molecular formula is C14H24O4.